The van der Waals surface area contributed by atoms with Crippen LogP contribution >= 0.6 is 11.8 Å². The van der Waals surface area contributed by atoms with Gasteiger partial charge in [0.05, 0.1) is 17.5 Å². The van der Waals surface area contributed by atoms with Gasteiger partial charge in [0.1, 0.15) is 11.4 Å². The number of likely N-dealkylation sites (tertiary alicyclic amines) is 1. The molecule has 4 nitrogen and oxygen atoms in total. The Morgan fingerprint density at radius 3 is 2.48 bits per heavy atom. The van der Waals surface area contributed by atoms with Gasteiger partial charge in [0, 0.05) is 29.4 Å². The molecule has 1 aliphatic rings. The third-order valence-corrected chi connectivity index (χ3v) is 6.16. The number of carbonyl (C=O) groups is 1. The molecule has 0 spiro atoms. The summed E-state index contributed by atoms with van der Waals surface area (Å²) in [7, 11) is 1.66. The highest BCUT2D eigenvalue weighted by Gasteiger charge is 2.24. The number of hydrogen-bond acceptors (Lipinski definition) is 3. The number of fused-ring (bicyclic) bond motifs is 1. The van der Waals surface area contributed by atoms with E-state index in [1.807, 2.05) is 41.3 Å². The van der Waals surface area contributed by atoms with Crippen LogP contribution in [0.1, 0.15) is 36.2 Å². The number of hydrogen-bond donors (Lipinski definition) is 1. The molecule has 27 heavy (non-hydrogen) atoms. The summed E-state index contributed by atoms with van der Waals surface area (Å²) < 4.78 is 5.36. The molecule has 0 bridgehead atoms. The standard InChI is InChI=1S/C22H24N2O2S/c1-26-16-11-12-18-19(15-16)23-20(21(18)27-17-9-5-4-6-10-17)22(25)24-13-7-2-3-8-14-24/h4-6,9-12,15,23H,2-3,7-8,13-14H2,1H3. The zero-order chi connectivity index (χ0) is 18.6. The molecular weight excluding hydrogens is 356 g/mol. The Balaban J connectivity index is 1.77. The lowest BCUT2D eigenvalue weighted by molar-refractivity contribution is 0.0753. The minimum atomic E-state index is 0.102. The molecular formula is C22H24N2O2S. The second-order valence-electron chi connectivity index (χ2n) is 6.86. The van der Waals surface area contributed by atoms with E-state index in [0.717, 1.165) is 52.4 Å². The highest BCUT2D eigenvalue weighted by atomic mass is 32.2. The van der Waals surface area contributed by atoms with Crippen molar-refractivity contribution in [3.8, 4) is 5.75 Å². The first-order chi connectivity index (χ1) is 13.3. The van der Waals surface area contributed by atoms with Crippen molar-refractivity contribution in [1.29, 1.82) is 0 Å². The molecule has 1 saturated heterocycles. The minimum Gasteiger partial charge on any atom is -0.497 e. The lowest BCUT2D eigenvalue weighted by Crippen LogP contribution is -2.32. The Morgan fingerprint density at radius 2 is 1.78 bits per heavy atom. The molecule has 0 unspecified atom stereocenters. The maximum Gasteiger partial charge on any atom is 0.271 e. The van der Waals surface area contributed by atoms with Crippen molar-refractivity contribution in [3.05, 3.63) is 54.2 Å². The van der Waals surface area contributed by atoms with Crippen LogP contribution in [-0.4, -0.2) is 36.0 Å². The number of H-pyrrole nitrogens is 1. The normalized spacial score (nSPS) is 14.9. The molecule has 0 saturated carbocycles. The topological polar surface area (TPSA) is 45.3 Å². The van der Waals surface area contributed by atoms with E-state index >= 15 is 0 Å². The van der Waals surface area contributed by atoms with Crippen molar-refractivity contribution >= 4 is 28.6 Å². The third kappa shape index (κ3) is 3.83. The van der Waals surface area contributed by atoms with Gasteiger partial charge in [-0.15, -0.1) is 0 Å². The Hall–Kier alpha value is -2.40. The predicted molar refractivity (Wildman–Crippen MR) is 110 cm³/mol. The number of carbonyl (C=O) groups excluding carboxylic acids is 1. The summed E-state index contributed by atoms with van der Waals surface area (Å²) in [5, 5.41) is 1.06. The number of rotatable bonds is 4. The van der Waals surface area contributed by atoms with Crippen LogP contribution in [0.5, 0.6) is 5.75 Å². The molecule has 1 aromatic heterocycles. The van der Waals surface area contributed by atoms with E-state index in [4.69, 9.17) is 4.74 Å². The van der Waals surface area contributed by atoms with Gasteiger partial charge in [0.2, 0.25) is 0 Å². The number of aromatic amines is 1. The SMILES string of the molecule is COc1ccc2c(Sc3ccccc3)c(C(=O)N3CCCCCC3)[nH]c2c1. The number of ether oxygens (including phenoxy) is 1. The molecule has 140 valence electrons. The maximum atomic E-state index is 13.3. The number of nitrogens with zero attached hydrogens (tertiary/aromatic N) is 1. The van der Waals surface area contributed by atoms with Crippen molar-refractivity contribution in [2.24, 2.45) is 0 Å². The molecule has 1 N–H and O–H groups in total. The van der Waals surface area contributed by atoms with E-state index in [0.29, 0.717) is 5.69 Å². The van der Waals surface area contributed by atoms with Crippen LogP contribution in [0, 0.1) is 0 Å². The number of benzene rings is 2. The van der Waals surface area contributed by atoms with Gasteiger partial charge in [-0.05, 0) is 37.1 Å². The molecule has 4 rings (SSSR count). The first kappa shape index (κ1) is 18.0. The summed E-state index contributed by atoms with van der Waals surface area (Å²) in [6.07, 6.45) is 4.58. The second kappa shape index (κ2) is 8.09. The van der Waals surface area contributed by atoms with Gasteiger partial charge >= 0.3 is 0 Å². The Labute approximate surface area is 163 Å². The van der Waals surface area contributed by atoms with Gasteiger partial charge in [0.25, 0.3) is 5.91 Å². The monoisotopic (exact) mass is 380 g/mol. The molecule has 2 aromatic carbocycles. The Bertz CT molecular complexity index is 928. The number of methoxy groups -OCH3 is 1. The van der Waals surface area contributed by atoms with Gasteiger partial charge in [-0.3, -0.25) is 4.79 Å². The predicted octanol–water partition coefficient (Wildman–Crippen LogP) is 5.34. The van der Waals surface area contributed by atoms with Crippen molar-refractivity contribution in [3.63, 3.8) is 0 Å². The highest BCUT2D eigenvalue weighted by Crippen LogP contribution is 2.38. The van der Waals surface area contributed by atoms with Crippen molar-refractivity contribution in [2.75, 3.05) is 20.2 Å². The van der Waals surface area contributed by atoms with E-state index in [2.05, 4.69) is 17.1 Å². The summed E-state index contributed by atoms with van der Waals surface area (Å²) in [6, 6.07) is 16.2. The van der Waals surface area contributed by atoms with Crippen LogP contribution in [0.2, 0.25) is 0 Å². The first-order valence-corrected chi connectivity index (χ1v) is 10.3. The molecule has 3 aromatic rings. The maximum absolute atomic E-state index is 13.3. The average Bonchev–Trinajstić information content (AvgIpc) is 2.87. The smallest absolute Gasteiger partial charge is 0.271 e. The number of aromatic nitrogens is 1. The molecule has 0 radical (unpaired) electrons. The second-order valence-corrected chi connectivity index (χ2v) is 7.95. The van der Waals surface area contributed by atoms with E-state index in [-0.39, 0.29) is 5.91 Å². The lowest BCUT2D eigenvalue weighted by atomic mass is 10.2. The van der Waals surface area contributed by atoms with Gasteiger partial charge in [0.15, 0.2) is 0 Å². The zero-order valence-corrected chi connectivity index (χ0v) is 16.3. The Morgan fingerprint density at radius 1 is 1.04 bits per heavy atom. The molecule has 0 atom stereocenters. The van der Waals surface area contributed by atoms with Crippen LogP contribution in [-0.2, 0) is 0 Å². The van der Waals surface area contributed by atoms with E-state index in [9.17, 15) is 4.79 Å². The third-order valence-electron chi connectivity index (χ3n) is 5.03. The van der Waals surface area contributed by atoms with E-state index in [1.54, 1.807) is 18.9 Å². The molecule has 1 aliphatic heterocycles. The average molecular weight is 381 g/mol. The van der Waals surface area contributed by atoms with Crippen molar-refractivity contribution in [2.45, 2.75) is 35.5 Å². The summed E-state index contributed by atoms with van der Waals surface area (Å²) >= 11 is 1.64. The van der Waals surface area contributed by atoms with Crippen LogP contribution in [0.4, 0.5) is 0 Å². The lowest BCUT2D eigenvalue weighted by Gasteiger charge is -2.20. The van der Waals surface area contributed by atoms with Crippen molar-refractivity contribution < 1.29 is 9.53 Å². The summed E-state index contributed by atoms with van der Waals surface area (Å²) in [6.45, 7) is 1.68. The summed E-state index contributed by atoms with van der Waals surface area (Å²) in [4.78, 5) is 20.8. The molecule has 5 heteroatoms. The van der Waals surface area contributed by atoms with Crippen molar-refractivity contribution in [1.82, 2.24) is 9.88 Å². The first-order valence-electron chi connectivity index (χ1n) is 9.48. The number of amides is 1. The fourth-order valence-electron chi connectivity index (χ4n) is 3.57. The molecule has 1 amide bonds. The molecule has 2 heterocycles. The van der Waals surface area contributed by atoms with Gasteiger partial charge in [-0.25, -0.2) is 0 Å². The van der Waals surface area contributed by atoms with Crippen LogP contribution < -0.4 is 4.74 Å². The fourth-order valence-corrected chi connectivity index (χ4v) is 4.63. The Kier molecular flexibility index (Phi) is 5.39. The highest BCUT2D eigenvalue weighted by molar-refractivity contribution is 7.99. The minimum absolute atomic E-state index is 0.102. The van der Waals surface area contributed by atoms with Gasteiger partial charge in [-0.2, -0.15) is 0 Å². The largest absolute Gasteiger partial charge is 0.497 e. The van der Waals surface area contributed by atoms with Gasteiger partial charge < -0.3 is 14.6 Å². The zero-order valence-electron chi connectivity index (χ0n) is 15.5. The summed E-state index contributed by atoms with van der Waals surface area (Å²) in [5.74, 6) is 0.888. The van der Waals surface area contributed by atoms with Crippen LogP contribution in [0.3, 0.4) is 0 Å². The van der Waals surface area contributed by atoms with E-state index < -0.39 is 0 Å². The molecule has 0 aliphatic carbocycles. The fraction of sp³-hybridized carbons (Fsp3) is 0.318. The van der Waals surface area contributed by atoms with E-state index in [1.165, 1.54) is 12.8 Å². The molecule has 1 fully saturated rings. The van der Waals surface area contributed by atoms with Gasteiger partial charge in [-0.1, -0.05) is 42.8 Å². The van der Waals surface area contributed by atoms with Crippen LogP contribution in [0.25, 0.3) is 10.9 Å². The summed E-state index contributed by atoms with van der Waals surface area (Å²) in [5.41, 5.74) is 1.62. The quantitative estimate of drug-likeness (QED) is 0.664. The number of nitrogens with one attached hydrogen (secondary N) is 1. The van der Waals surface area contributed by atoms with Crippen LogP contribution in [0.15, 0.2) is 58.3 Å².